The SMILES string of the molecule is C=C(/C=C(\N=C(C)c1ccc(C)cc1)c1ccc(-c2ccc(C)cc2)cc1)c1ccccc1. The lowest BCUT2D eigenvalue weighted by molar-refractivity contribution is 1.43. The van der Waals surface area contributed by atoms with E-state index in [1.807, 2.05) is 18.2 Å². The Morgan fingerprint density at radius 3 is 1.67 bits per heavy atom. The molecule has 0 heterocycles. The molecular weight excluding hydrogens is 398 g/mol. The highest BCUT2D eigenvalue weighted by Gasteiger charge is 2.07. The van der Waals surface area contributed by atoms with Crippen molar-refractivity contribution in [2.24, 2.45) is 4.99 Å². The Balaban J connectivity index is 1.72. The van der Waals surface area contributed by atoms with Crippen LogP contribution >= 0.6 is 0 Å². The Morgan fingerprint density at radius 1 is 0.606 bits per heavy atom. The quantitative estimate of drug-likeness (QED) is 0.216. The molecule has 1 nitrogen and oxygen atoms in total. The largest absolute Gasteiger partial charge is 0.252 e. The molecule has 1 heteroatoms. The van der Waals surface area contributed by atoms with E-state index in [2.05, 4.69) is 118 Å². The van der Waals surface area contributed by atoms with E-state index in [-0.39, 0.29) is 0 Å². The number of hydrogen-bond acceptors (Lipinski definition) is 1. The van der Waals surface area contributed by atoms with Gasteiger partial charge in [0.15, 0.2) is 0 Å². The van der Waals surface area contributed by atoms with Gasteiger partial charge < -0.3 is 0 Å². The van der Waals surface area contributed by atoms with E-state index >= 15 is 0 Å². The van der Waals surface area contributed by atoms with Crippen molar-refractivity contribution in [3.05, 3.63) is 144 Å². The van der Waals surface area contributed by atoms with Crippen molar-refractivity contribution in [1.82, 2.24) is 0 Å². The van der Waals surface area contributed by atoms with Gasteiger partial charge in [-0.1, -0.05) is 121 Å². The fraction of sp³-hybridized carbons (Fsp3) is 0.0938. The molecule has 33 heavy (non-hydrogen) atoms. The van der Waals surface area contributed by atoms with Gasteiger partial charge in [0.2, 0.25) is 0 Å². The van der Waals surface area contributed by atoms with Crippen molar-refractivity contribution >= 4 is 17.0 Å². The van der Waals surface area contributed by atoms with Gasteiger partial charge in [0.1, 0.15) is 0 Å². The van der Waals surface area contributed by atoms with Crippen LogP contribution in [0, 0.1) is 13.8 Å². The third-order valence-corrected chi connectivity index (χ3v) is 5.78. The zero-order chi connectivity index (χ0) is 23.2. The molecule has 4 aromatic carbocycles. The van der Waals surface area contributed by atoms with E-state index in [0.29, 0.717) is 0 Å². The van der Waals surface area contributed by atoms with E-state index in [0.717, 1.165) is 33.7 Å². The lowest BCUT2D eigenvalue weighted by Crippen LogP contribution is -1.96. The number of rotatable bonds is 6. The van der Waals surface area contributed by atoms with Crippen LogP contribution in [0.1, 0.15) is 34.7 Å². The zero-order valence-electron chi connectivity index (χ0n) is 19.5. The number of aryl methyl sites for hydroxylation is 2. The number of nitrogens with zero attached hydrogens (tertiary/aromatic N) is 1. The summed E-state index contributed by atoms with van der Waals surface area (Å²) >= 11 is 0. The van der Waals surface area contributed by atoms with Crippen molar-refractivity contribution in [3.63, 3.8) is 0 Å². The summed E-state index contributed by atoms with van der Waals surface area (Å²) < 4.78 is 0. The third kappa shape index (κ3) is 5.64. The first-order chi connectivity index (χ1) is 16.0. The lowest BCUT2D eigenvalue weighted by Gasteiger charge is -2.10. The normalized spacial score (nSPS) is 12.0. The molecule has 162 valence electrons. The number of hydrogen-bond donors (Lipinski definition) is 0. The molecule has 0 saturated carbocycles. The summed E-state index contributed by atoms with van der Waals surface area (Å²) in [5, 5.41) is 0. The van der Waals surface area contributed by atoms with Crippen LogP contribution in [0.3, 0.4) is 0 Å². The van der Waals surface area contributed by atoms with E-state index in [4.69, 9.17) is 4.99 Å². The maximum Gasteiger partial charge on any atom is 0.0711 e. The minimum atomic E-state index is 0.900. The molecule has 0 aliphatic carbocycles. The highest BCUT2D eigenvalue weighted by molar-refractivity contribution is 6.02. The van der Waals surface area contributed by atoms with Crippen molar-refractivity contribution < 1.29 is 0 Å². The monoisotopic (exact) mass is 427 g/mol. The molecule has 0 N–H and O–H groups in total. The Kier molecular flexibility index (Phi) is 6.80. The Hall–Kier alpha value is -3.97. The first-order valence-corrected chi connectivity index (χ1v) is 11.3. The molecule has 0 bridgehead atoms. The predicted octanol–water partition coefficient (Wildman–Crippen LogP) is 8.53. The smallest absolute Gasteiger partial charge is 0.0711 e. The molecule has 0 saturated heterocycles. The summed E-state index contributed by atoms with van der Waals surface area (Å²) in [6.45, 7) is 10.6. The van der Waals surface area contributed by atoms with Crippen LogP contribution in [0.25, 0.3) is 22.4 Å². The molecule has 0 fully saturated rings. The van der Waals surface area contributed by atoms with Crippen molar-refractivity contribution in [2.45, 2.75) is 20.8 Å². The van der Waals surface area contributed by atoms with Crippen LogP contribution in [-0.2, 0) is 0 Å². The minimum Gasteiger partial charge on any atom is -0.252 e. The summed E-state index contributed by atoms with van der Waals surface area (Å²) in [6.07, 6.45) is 2.08. The first kappa shape index (κ1) is 22.2. The van der Waals surface area contributed by atoms with Gasteiger partial charge in [-0.25, -0.2) is 0 Å². The molecular formula is C32H29N. The Morgan fingerprint density at radius 2 is 1.09 bits per heavy atom. The second-order valence-electron chi connectivity index (χ2n) is 8.43. The van der Waals surface area contributed by atoms with Gasteiger partial charge >= 0.3 is 0 Å². The molecule has 0 radical (unpaired) electrons. The summed E-state index contributed by atoms with van der Waals surface area (Å²) in [4.78, 5) is 5.04. The molecule has 4 aromatic rings. The zero-order valence-corrected chi connectivity index (χ0v) is 19.5. The van der Waals surface area contributed by atoms with Crippen molar-refractivity contribution in [2.75, 3.05) is 0 Å². The highest BCUT2D eigenvalue weighted by Crippen LogP contribution is 2.27. The number of allylic oxidation sites excluding steroid dienone is 2. The van der Waals surface area contributed by atoms with Crippen LogP contribution < -0.4 is 0 Å². The topological polar surface area (TPSA) is 12.4 Å². The van der Waals surface area contributed by atoms with Gasteiger partial charge in [-0.15, -0.1) is 0 Å². The van der Waals surface area contributed by atoms with Gasteiger partial charge in [-0.2, -0.15) is 0 Å². The molecule has 4 rings (SSSR count). The molecule has 0 atom stereocenters. The average Bonchev–Trinajstić information content (AvgIpc) is 2.85. The minimum absolute atomic E-state index is 0.900. The second kappa shape index (κ2) is 10.1. The highest BCUT2D eigenvalue weighted by atomic mass is 14.8. The van der Waals surface area contributed by atoms with Crippen LogP contribution in [0.15, 0.2) is 121 Å². The molecule has 0 aromatic heterocycles. The number of aliphatic imine (C=N–C) groups is 1. The van der Waals surface area contributed by atoms with Crippen LogP contribution in [-0.4, -0.2) is 5.71 Å². The maximum absolute atomic E-state index is 5.04. The summed E-state index contributed by atoms with van der Waals surface area (Å²) in [6, 6.07) is 36.0. The van der Waals surface area contributed by atoms with E-state index in [9.17, 15) is 0 Å². The van der Waals surface area contributed by atoms with E-state index in [1.54, 1.807) is 0 Å². The molecule has 0 amide bonds. The van der Waals surface area contributed by atoms with Crippen molar-refractivity contribution in [3.8, 4) is 11.1 Å². The average molecular weight is 428 g/mol. The Bertz CT molecular complexity index is 1290. The second-order valence-corrected chi connectivity index (χ2v) is 8.43. The fourth-order valence-electron chi connectivity index (χ4n) is 3.70. The van der Waals surface area contributed by atoms with Crippen LogP contribution in [0.2, 0.25) is 0 Å². The van der Waals surface area contributed by atoms with E-state index < -0.39 is 0 Å². The van der Waals surface area contributed by atoms with Crippen molar-refractivity contribution in [1.29, 1.82) is 0 Å². The third-order valence-electron chi connectivity index (χ3n) is 5.78. The maximum atomic E-state index is 5.04. The van der Waals surface area contributed by atoms with Crippen LogP contribution in [0.4, 0.5) is 0 Å². The van der Waals surface area contributed by atoms with Gasteiger partial charge in [0.25, 0.3) is 0 Å². The number of benzene rings is 4. The summed E-state index contributed by atoms with van der Waals surface area (Å²) in [5.74, 6) is 0. The molecule has 0 aliphatic heterocycles. The van der Waals surface area contributed by atoms with Crippen LogP contribution in [0.5, 0.6) is 0 Å². The fourth-order valence-corrected chi connectivity index (χ4v) is 3.70. The molecule has 0 aliphatic rings. The standard InChI is InChI=1S/C32H29N/c1-23-10-14-28(15-11-23)26(4)33-32(22-25(3)27-8-6-5-7-9-27)31-20-18-30(19-21-31)29-16-12-24(2)13-17-29/h5-22H,3H2,1-2,4H3/b32-22-,33-26?. The van der Waals surface area contributed by atoms with Gasteiger partial charge in [-0.05, 0) is 54.7 Å². The van der Waals surface area contributed by atoms with Gasteiger partial charge in [0, 0.05) is 11.3 Å². The van der Waals surface area contributed by atoms with Gasteiger partial charge in [-0.3, -0.25) is 4.99 Å². The predicted molar refractivity (Wildman–Crippen MR) is 143 cm³/mol. The lowest BCUT2D eigenvalue weighted by atomic mass is 10.00. The van der Waals surface area contributed by atoms with Gasteiger partial charge in [0.05, 0.1) is 5.70 Å². The molecule has 0 unspecified atom stereocenters. The summed E-state index contributed by atoms with van der Waals surface area (Å²) in [7, 11) is 0. The summed E-state index contributed by atoms with van der Waals surface area (Å²) in [5.41, 5.74) is 11.0. The first-order valence-electron chi connectivity index (χ1n) is 11.3. The van der Waals surface area contributed by atoms with E-state index in [1.165, 1.54) is 22.3 Å². The molecule has 0 spiro atoms. The Labute approximate surface area is 197 Å².